The first-order chi connectivity index (χ1) is 16.1. The zero-order chi connectivity index (χ0) is 22.8. The lowest BCUT2D eigenvalue weighted by Gasteiger charge is -2.34. The van der Waals surface area contributed by atoms with Crippen LogP contribution in [0.15, 0.2) is 85.1 Å². The molecule has 1 fully saturated rings. The lowest BCUT2D eigenvalue weighted by atomic mass is 9.84. The van der Waals surface area contributed by atoms with E-state index >= 15 is 0 Å². The monoisotopic (exact) mass is 435 g/mol. The summed E-state index contributed by atoms with van der Waals surface area (Å²) in [6.45, 7) is 2.20. The second-order valence-electron chi connectivity index (χ2n) is 9.06. The molecule has 3 atom stereocenters. The number of carbonyl (C=O) groups is 1. The summed E-state index contributed by atoms with van der Waals surface area (Å²) in [5.74, 6) is 0.965. The molecule has 4 heteroatoms. The highest BCUT2D eigenvalue weighted by atomic mass is 16.2. The van der Waals surface area contributed by atoms with Gasteiger partial charge in [-0.25, -0.2) is 9.97 Å². The number of hydrogen-bond acceptors (Lipinski definition) is 3. The van der Waals surface area contributed by atoms with E-state index in [4.69, 9.17) is 4.98 Å². The molecule has 2 heterocycles. The second kappa shape index (κ2) is 9.14. The van der Waals surface area contributed by atoms with Crippen molar-refractivity contribution in [1.82, 2.24) is 14.9 Å². The Hall–Kier alpha value is -3.53. The normalized spacial score (nSPS) is 18.8. The van der Waals surface area contributed by atoms with E-state index in [0.717, 1.165) is 23.1 Å². The fourth-order valence-corrected chi connectivity index (χ4v) is 5.33. The molecule has 33 heavy (non-hydrogen) atoms. The number of fused-ring (bicyclic) bond motifs is 1. The predicted octanol–water partition coefficient (Wildman–Crippen LogP) is 6.34. The molecule has 3 unspecified atom stereocenters. The van der Waals surface area contributed by atoms with E-state index in [1.165, 1.54) is 18.4 Å². The molecule has 0 bridgehead atoms. The second-order valence-corrected chi connectivity index (χ2v) is 9.06. The van der Waals surface area contributed by atoms with Gasteiger partial charge < -0.3 is 4.90 Å². The zero-order valence-corrected chi connectivity index (χ0v) is 19.2. The summed E-state index contributed by atoms with van der Waals surface area (Å²) >= 11 is 0. The van der Waals surface area contributed by atoms with Crippen LogP contribution >= 0.6 is 0 Å². The third-order valence-electron chi connectivity index (χ3n) is 7.23. The molecule has 0 N–H and O–H groups in total. The number of hydrogen-bond donors (Lipinski definition) is 0. The molecule has 5 rings (SSSR count). The van der Waals surface area contributed by atoms with Crippen LogP contribution < -0.4 is 0 Å². The number of amides is 1. The maximum Gasteiger partial charge on any atom is 0.254 e. The average molecular weight is 436 g/mol. The summed E-state index contributed by atoms with van der Waals surface area (Å²) in [6, 6.07) is 26.6. The largest absolute Gasteiger partial charge is 0.339 e. The Balaban J connectivity index is 1.49. The first-order valence-electron chi connectivity index (χ1n) is 11.8. The third kappa shape index (κ3) is 4.13. The van der Waals surface area contributed by atoms with E-state index in [-0.39, 0.29) is 11.9 Å². The topological polar surface area (TPSA) is 46.1 Å². The van der Waals surface area contributed by atoms with Crippen molar-refractivity contribution in [3.63, 3.8) is 0 Å². The highest BCUT2D eigenvalue weighted by Crippen LogP contribution is 2.42. The standard InChI is InChI=1S/C29H29N3O/c1-20(23-15-9-16-24(23)21-11-5-3-6-12-21)32(2)29(33)26-19-27(22-13-7-4-8-14-22)31-28-25(26)17-10-18-30-28/h3-8,10-14,17-20,23-24H,9,15-16H2,1-2H3. The number of benzene rings is 2. The molecular formula is C29H29N3O. The molecule has 0 spiro atoms. The number of rotatable bonds is 5. The van der Waals surface area contributed by atoms with E-state index in [2.05, 4.69) is 42.2 Å². The highest BCUT2D eigenvalue weighted by Gasteiger charge is 2.36. The number of carbonyl (C=O) groups excluding carboxylic acids is 1. The zero-order valence-electron chi connectivity index (χ0n) is 19.2. The van der Waals surface area contributed by atoms with Crippen molar-refractivity contribution in [3.05, 3.63) is 96.2 Å². The van der Waals surface area contributed by atoms with E-state index in [0.29, 0.717) is 23.0 Å². The highest BCUT2D eigenvalue weighted by molar-refractivity contribution is 6.06. The fraction of sp³-hybridized carbons (Fsp3) is 0.276. The van der Waals surface area contributed by atoms with Crippen molar-refractivity contribution in [2.75, 3.05) is 7.05 Å². The molecule has 4 nitrogen and oxygen atoms in total. The summed E-state index contributed by atoms with van der Waals surface area (Å²) in [5, 5.41) is 0.798. The number of aromatic nitrogens is 2. The maximum absolute atomic E-state index is 13.9. The van der Waals surface area contributed by atoms with E-state index in [1.807, 2.05) is 60.5 Å². The minimum Gasteiger partial charge on any atom is -0.339 e. The molecule has 1 aliphatic carbocycles. The first kappa shape index (κ1) is 21.3. The van der Waals surface area contributed by atoms with E-state index < -0.39 is 0 Å². The van der Waals surface area contributed by atoms with Crippen molar-refractivity contribution in [1.29, 1.82) is 0 Å². The molecule has 1 aliphatic rings. The van der Waals surface area contributed by atoms with Crippen molar-refractivity contribution in [3.8, 4) is 11.3 Å². The molecule has 1 saturated carbocycles. The summed E-state index contributed by atoms with van der Waals surface area (Å²) in [7, 11) is 1.94. The van der Waals surface area contributed by atoms with E-state index in [1.54, 1.807) is 6.20 Å². The first-order valence-corrected chi connectivity index (χ1v) is 11.8. The maximum atomic E-state index is 13.9. The Labute approximate surface area is 195 Å². The van der Waals surface area contributed by atoms with E-state index in [9.17, 15) is 4.79 Å². The van der Waals surface area contributed by atoms with Gasteiger partial charge in [-0.2, -0.15) is 0 Å². The summed E-state index contributed by atoms with van der Waals surface area (Å²) in [4.78, 5) is 25.0. The van der Waals surface area contributed by atoms with Crippen LogP contribution in [0.5, 0.6) is 0 Å². The smallest absolute Gasteiger partial charge is 0.254 e. The van der Waals surface area contributed by atoms with Crippen LogP contribution in [0, 0.1) is 5.92 Å². The van der Waals surface area contributed by atoms with Gasteiger partial charge in [0, 0.05) is 30.2 Å². The van der Waals surface area contributed by atoms with Gasteiger partial charge in [-0.05, 0) is 55.4 Å². The molecule has 0 radical (unpaired) electrons. The fourth-order valence-electron chi connectivity index (χ4n) is 5.33. The van der Waals surface area contributed by atoms with Crippen molar-refractivity contribution < 1.29 is 4.79 Å². The number of nitrogens with zero attached hydrogens (tertiary/aromatic N) is 3. The summed E-state index contributed by atoms with van der Waals surface area (Å²) in [6.07, 6.45) is 5.26. The van der Waals surface area contributed by atoms with Gasteiger partial charge in [0.1, 0.15) is 0 Å². The molecule has 0 saturated heterocycles. The lowest BCUT2D eigenvalue weighted by Crippen LogP contribution is -2.41. The Kier molecular flexibility index (Phi) is 5.91. The van der Waals surface area contributed by atoms with Gasteiger partial charge in [-0.15, -0.1) is 0 Å². The van der Waals surface area contributed by atoms with Gasteiger partial charge in [0.25, 0.3) is 5.91 Å². The van der Waals surface area contributed by atoms with Gasteiger partial charge in [0.2, 0.25) is 0 Å². The van der Waals surface area contributed by atoms with Gasteiger partial charge in [0.05, 0.1) is 11.3 Å². The molecule has 2 aromatic carbocycles. The minimum absolute atomic E-state index is 0.0267. The summed E-state index contributed by atoms with van der Waals surface area (Å²) in [5.41, 5.74) is 4.41. The van der Waals surface area contributed by atoms with Crippen LogP contribution in [0.1, 0.15) is 48.0 Å². The van der Waals surface area contributed by atoms with Gasteiger partial charge in [-0.1, -0.05) is 67.1 Å². The molecule has 1 amide bonds. The molecule has 2 aromatic heterocycles. The third-order valence-corrected chi connectivity index (χ3v) is 7.23. The van der Waals surface area contributed by atoms with Crippen LogP contribution in [0.25, 0.3) is 22.3 Å². The summed E-state index contributed by atoms with van der Waals surface area (Å²) < 4.78 is 0. The van der Waals surface area contributed by atoms with Crippen molar-refractivity contribution in [2.45, 2.75) is 38.1 Å². The Bertz CT molecular complexity index is 1260. The number of pyridine rings is 2. The van der Waals surface area contributed by atoms with Crippen LogP contribution in [-0.2, 0) is 0 Å². The Morgan fingerprint density at radius 3 is 2.45 bits per heavy atom. The molecule has 0 aliphatic heterocycles. The van der Waals surface area contributed by atoms with Gasteiger partial charge in [0.15, 0.2) is 5.65 Å². The minimum atomic E-state index is 0.0267. The SMILES string of the molecule is CC(C1CCCC1c1ccccc1)N(C)C(=O)c1cc(-c2ccccc2)nc2ncccc12. The molecule has 166 valence electrons. The van der Waals surface area contributed by atoms with Crippen molar-refractivity contribution >= 4 is 16.9 Å². The molecule has 4 aromatic rings. The van der Waals surface area contributed by atoms with Crippen LogP contribution in [0.2, 0.25) is 0 Å². The predicted molar refractivity (Wildman–Crippen MR) is 133 cm³/mol. The quantitative estimate of drug-likeness (QED) is 0.367. The lowest BCUT2D eigenvalue weighted by molar-refractivity contribution is 0.0687. The van der Waals surface area contributed by atoms with Crippen LogP contribution in [0.4, 0.5) is 0 Å². The average Bonchev–Trinajstić information content (AvgIpc) is 3.38. The Morgan fingerprint density at radius 2 is 1.70 bits per heavy atom. The van der Waals surface area contributed by atoms with Crippen molar-refractivity contribution in [2.24, 2.45) is 5.92 Å². The molecular weight excluding hydrogens is 406 g/mol. The van der Waals surface area contributed by atoms with Crippen LogP contribution in [0.3, 0.4) is 0 Å². The van der Waals surface area contributed by atoms with Gasteiger partial charge in [-0.3, -0.25) is 4.79 Å². The van der Waals surface area contributed by atoms with Gasteiger partial charge >= 0.3 is 0 Å². The Morgan fingerprint density at radius 1 is 0.970 bits per heavy atom. The van der Waals surface area contributed by atoms with Crippen LogP contribution in [-0.4, -0.2) is 33.9 Å².